The molecule has 1 spiro atoms. The summed E-state index contributed by atoms with van der Waals surface area (Å²) in [5.74, 6) is -3.36. The molecule has 1 amide bonds. The molecule has 0 aliphatic carbocycles. The summed E-state index contributed by atoms with van der Waals surface area (Å²) in [5.41, 5.74) is 0.639. The summed E-state index contributed by atoms with van der Waals surface area (Å²) in [6.07, 6.45) is 0.899. The number of carboxylic acids is 1. The number of halogens is 2. The molecule has 2 saturated heterocycles. The molecule has 2 aromatic rings. The van der Waals surface area contributed by atoms with E-state index in [4.69, 9.17) is 0 Å². The SMILES string of the molecule is Cc1cc(N2CCC3(CC2)NC(=O)C[C@@H]3C(=O)O)c2cc(F)cc(F)c2n1. The van der Waals surface area contributed by atoms with E-state index in [2.05, 4.69) is 10.3 Å². The number of rotatable bonds is 2. The van der Waals surface area contributed by atoms with E-state index in [1.165, 1.54) is 6.07 Å². The van der Waals surface area contributed by atoms with Gasteiger partial charge in [0.2, 0.25) is 5.91 Å². The van der Waals surface area contributed by atoms with Crippen LogP contribution >= 0.6 is 0 Å². The van der Waals surface area contributed by atoms with Gasteiger partial charge in [-0.05, 0) is 31.9 Å². The molecule has 1 atom stereocenters. The Bertz CT molecular complexity index is 955. The molecule has 1 aromatic heterocycles. The van der Waals surface area contributed by atoms with Crippen molar-refractivity contribution in [2.45, 2.75) is 31.7 Å². The van der Waals surface area contributed by atoms with E-state index < -0.39 is 29.1 Å². The Hall–Kier alpha value is -2.77. The van der Waals surface area contributed by atoms with Gasteiger partial charge in [0.25, 0.3) is 0 Å². The van der Waals surface area contributed by atoms with Crippen molar-refractivity contribution in [1.29, 1.82) is 0 Å². The predicted molar refractivity (Wildman–Crippen MR) is 94.5 cm³/mol. The fourth-order valence-corrected chi connectivity index (χ4v) is 4.36. The number of aliphatic carboxylic acids is 1. The zero-order chi connectivity index (χ0) is 19.3. The van der Waals surface area contributed by atoms with E-state index >= 15 is 0 Å². The first-order valence-corrected chi connectivity index (χ1v) is 8.84. The molecule has 2 N–H and O–H groups in total. The molecule has 2 fully saturated rings. The van der Waals surface area contributed by atoms with Crippen molar-refractivity contribution < 1.29 is 23.5 Å². The van der Waals surface area contributed by atoms with Gasteiger partial charge in [0.05, 0.1) is 11.5 Å². The topological polar surface area (TPSA) is 82.5 Å². The number of hydrogen-bond donors (Lipinski definition) is 2. The Labute approximate surface area is 154 Å². The first kappa shape index (κ1) is 17.6. The van der Waals surface area contributed by atoms with Crippen LogP contribution in [0.25, 0.3) is 10.9 Å². The highest BCUT2D eigenvalue weighted by atomic mass is 19.1. The molecule has 4 rings (SSSR count). The van der Waals surface area contributed by atoms with Crippen molar-refractivity contribution >= 4 is 28.5 Å². The van der Waals surface area contributed by atoms with Crippen molar-refractivity contribution in [1.82, 2.24) is 10.3 Å². The number of carbonyl (C=O) groups excluding carboxylic acids is 1. The number of aromatic nitrogens is 1. The summed E-state index contributed by atoms with van der Waals surface area (Å²) in [4.78, 5) is 29.5. The zero-order valence-electron chi connectivity index (χ0n) is 14.8. The molecular formula is C19H19F2N3O3. The Morgan fingerprint density at radius 1 is 1.30 bits per heavy atom. The third kappa shape index (κ3) is 2.89. The largest absolute Gasteiger partial charge is 0.481 e. The van der Waals surface area contributed by atoms with Gasteiger partial charge in [-0.2, -0.15) is 0 Å². The number of aryl methyl sites for hydroxylation is 1. The normalized spacial score (nSPS) is 21.7. The number of hydrogen-bond acceptors (Lipinski definition) is 4. The first-order chi connectivity index (χ1) is 12.8. The predicted octanol–water partition coefficient (Wildman–Crippen LogP) is 2.38. The number of nitrogens with one attached hydrogen (secondary N) is 1. The Balaban J connectivity index is 1.68. The number of carbonyl (C=O) groups is 2. The molecule has 3 heterocycles. The van der Waals surface area contributed by atoms with Gasteiger partial charge in [-0.1, -0.05) is 0 Å². The summed E-state index contributed by atoms with van der Waals surface area (Å²) >= 11 is 0. The molecule has 0 bridgehead atoms. The summed E-state index contributed by atoms with van der Waals surface area (Å²) in [7, 11) is 0. The maximum absolute atomic E-state index is 14.2. The van der Waals surface area contributed by atoms with Crippen molar-refractivity contribution in [2.24, 2.45) is 5.92 Å². The van der Waals surface area contributed by atoms with E-state index in [0.717, 1.165) is 6.07 Å². The van der Waals surface area contributed by atoms with Gasteiger partial charge in [0.1, 0.15) is 11.3 Å². The second kappa shape index (κ2) is 6.14. The van der Waals surface area contributed by atoms with E-state index in [1.54, 1.807) is 13.0 Å². The van der Waals surface area contributed by atoms with Gasteiger partial charge in [0.15, 0.2) is 5.82 Å². The van der Waals surface area contributed by atoms with Crippen LogP contribution < -0.4 is 10.2 Å². The van der Waals surface area contributed by atoms with Crippen LogP contribution in [0.5, 0.6) is 0 Å². The van der Waals surface area contributed by atoms with Gasteiger partial charge in [-0.25, -0.2) is 13.8 Å². The molecule has 0 saturated carbocycles. The third-order valence-electron chi connectivity index (χ3n) is 5.68. The molecule has 0 radical (unpaired) electrons. The Kier molecular flexibility index (Phi) is 4.01. The summed E-state index contributed by atoms with van der Waals surface area (Å²) < 4.78 is 27.9. The molecule has 1 aromatic carbocycles. The molecule has 27 heavy (non-hydrogen) atoms. The van der Waals surface area contributed by atoms with E-state index in [-0.39, 0.29) is 17.8 Å². The number of fused-ring (bicyclic) bond motifs is 1. The summed E-state index contributed by atoms with van der Waals surface area (Å²) in [6.45, 7) is 2.69. The molecule has 142 valence electrons. The molecule has 2 aliphatic rings. The lowest BCUT2D eigenvalue weighted by molar-refractivity contribution is -0.144. The van der Waals surface area contributed by atoms with Gasteiger partial charge in [0, 0.05) is 42.3 Å². The highest BCUT2D eigenvalue weighted by molar-refractivity contribution is 5.93. The molecule has 2 aliphatic heterocycles. The second-order valence-corrected chi connectivity index (χ2v) is 7.35. The average molecular weight is 375 g/mol. The monoisotopic (exact) mass is 375 g/mol. The zero-order valence-corrected chi connectivity index (χ0v) is 14.8. The molecule has 6 nitrogen and oxygen atoms in total. The van der Waals surface area contributed by atoms with E-state index in [0.29, 0.717) is 42.7 Å². The molecule has 0 unspecified atom stereocenters. The molecule has 8 heteroatoms. The number of anilines is 1. The minimum Gasteiger partial charge on any atom is -0.481 e. The van der Waals surface area contributed by atoms with Crippen LogP contribution in [0.2, 0.25) is 0 Å². The van der Waals surface area contributed by atoms with Crippen molar-refractivity contribution in [3.8, 4) is 0 Å². The van der Waals surface area contributed by atoms with Gasteiger partial charge >= 0.3 is 5.97 Å². The maximum atomic E-state index is 14.2. The number of carboxylic acid groups (broad SMARTS) is 1. The lowest BCUT2D eigenvalue weighted by Gasteiger charge is -2.42. The molecular weight excluding hydrogens is 356 g/mol. The number of benzene rings is 1. The minimum atomic E-state index is -0.976. The van der Waals surface area contributed by atoms with Crippen LogP contribution in [0.4, 0.5) is 14.5 Å². The lowest BCUT2D eigenvalue weighted by Crippen LogP contribution is -2.55. The number of amides is 1. The van der Waals surface area contributed by atoms with Gasteiger partial charge in [-0.3, -0.25) is 9.59 Å². The average Bonchev–Trinajstić information content (AvgIpc) is 2.92. The van der Waals surface area contributed by atoms with Gasteiger partial charge in [-0.15, -0.1) is 0 Å². The number of piperidine rings is 1. The van der Waals surface area contributed by atoms with Crippen molar-refractivity contribution in [2.75, 3.05) is 18.0 Å². The standard InChI is InChI=1S/C19H19F2N3O3/c1-10-6-15(12-7-11(20)8-14(21)17(12)22-10)24-4-2-19(3-5-24)13(18(26)27)9-16(25)23-19/h6-8,13H,2-5,9H2,1H3,(H,23,25)(H,26,27)/t13-/m1/s1. The van der Waals surface area contributed by atoms with Crippen LogP contribution in [0.1, 0.15) is 25.0 Å². The Morgan fingerprint density at radius 3 is 2.67 bits per heavy atom. The van der Waals surface area contributed by atoms with E-state index in [9.17, 15) is 23.5 Å². The van der Waals surface area contributed by atoms with Crippen LogP contribution in [-0.2, 0) is 9.59 Å². The van der Waals surface area contributed by atoms with E-state index in [1.807, 2.05) is 4.90 Å². The summed E-state index contributed by atoms with van der Waals surface area (Å²) in [6, 6.07) is 3.86. The minimum absolute atomic E-state index is 0.0109. The van der Waals surface area contributed by atoms with Crippen molar-refractivity contribution in [3.05, 3.63) is 35.5 Å². The highest BCUT2D eigenvalue weighted by Crippen LogP contribution is 2.39. The smallest absolute Gasteiger partial charge is 0.309 e. The fraction of sp³-hybridized carbons (Fsp3) is 0.421. The first-order valence-electron chi connectivity index (χ1n) is 8.84. The third-order valence-corrected chi connectivity index (χ3v) is 5.68. The quantitative estimate of drug-likeness (QED) is 0.842. The van der Waals surface area contributed by atoms with Gasteiger partial charge < -0.3 is 15.3 Å². The lowest BCUT2D eigenvalue weighted by atomic mass is 9.77. The van der Waals surface area contributed by atoms with Crippen LogP contribution in [0, 0.1) is 24.5 Å². The second-order valence-electron chi connectivity index (χ2n) is 7.35. The highest BCUT2D eigenvalue weighted by Gasteiger charge is 2.51. The van der Waals surface area contributed by atoms with Crippen LogP contribution in [-0.4, -0.2) is 40.6 Å². The maximum Gasteiger partial charge on any atom is 0.309 e. The van der Waals surface area contributed by atoms with Crippen LogP contribution in [0.15, 0.2) is 18.2 Å². The number of pyridine rings is 1. The van der Waals surface area contributed by atoms with Crippen molar-refractivity contribution in [3.63, 3.8) is 0 Å². The number of nitrogens with zero attached hydrogens (tertiary/aromatic N) is 2. The summed E-state index contributed by atoms with van der Waals surface area (Å²) in [5, 5.41) is 12.7. The Morgan fingerprint density at radius 2 is 2.00 bits per heavy atom. The fourth-order valence-electron chi connectivity index (χ4n) is 4.36. The van der Waals surface area contributed by atoms with Crippen LogP contribution in [0.3, 0.4) is 0 Å².